The smallest absolute Gasteiger partial charge is 0.153 e. The highest BCUT2D eigenvalue weighted by molar-refractivity contribution is 5.91. The van der Waals surface area contributed by atoms with Gasteiger partial charge >= 0.3 is 0 Å². The maximum Gasteiger partial charge on any atom is 0.153 e. The second kappa shape index (κ2) is 8.80. The minimum atomic E-state index is 0.426. The first-order chi connectivity index (χ1) is 15.2. The third-order valence-corrected chi connectivity index (χ3v) is 6.55. The Morgan fingerprint density at radius 2 is 2.03 bits per heavy atom. The molecule has 0 aliphatic carbocycles. The van der Waals surface area contributed by atoms with Gasteiger partial charge in [0, 0.05) is 67.8 Å². The van der Waals surface area contributed by atoms with Crippen molar-refractivity contribution in [3.63, 3.8) is 0 Å². The highest BCUT2D eigenvalue weighted by Crippen LogP contribution is 2.37. The van der Waals surface area contributed by atoms with Crippen molar-refractivity contribution in [3.05, 3.63) is 36.2 Å². The van der Waals surface area contributed by atoms with Gasteiger partial charge in [0.2, 0.25) is 0 Å². The van der Waals surface area contributed by atoms with Crippen LogP contribution in [0.15, 0.2) is 30.5 Å². The van der Waals surface area contributed by atoms with Gasteiger partial charge in [-0.1, -0.05) is 0 Å². The number of rotatable bonds is 8. The summed E-state index contributed by atoms with van der Waals surface area (Å²) < 4.78 is 5.25. The number of ether oxygens (including phenoxy) is 1. The first-order valence-electron chi connectivity index (χ1n) is 11.3. The predicted molar refractivity (Wildman–Crippen MR) is 123 cm³/mol. The number of methoxy groups -OCH3 is 1. The largest absolute Gasteiger partial charge is 0.385 e. The average molecular weight is 422 g/mol. The van der Waals surface area contributed by atoms with Gasteiger partial charge in [0.1, 0.15) is 11.6 Å². The Bertz CT molecular complexity index is 1020. The van der Waals surface area contributed by atoms with Crippen LogP contribution in [0.4, 0.5) is 17.5 Å². The number of aromatic amines is 1. The van der Waals surface area contributed by atoms with Gasteiger partial charge in [-0.15, -0.1) is 0 Å². The maximum atomic E-state index is 5.25. The molecule has 3 aromatic rings. The van der Waals surface area contributed by atoms with Gasteiger partial charge in [-0.2, -0.15) is 5.10 Å². The van der Waals surface area contributed by atoms with Crippen molar-refractivity contribution in [1.82, 2.24) is 25.1 Å². The van der Waals surface area contributed by atoms with Crippen molar-refractivity contribution in [2.24, 2.45) is 0 Å². The van der Waals surface area contributed by atoms with E-state index in [-0.39, 0.29) is 0 Å². The molecule has 0 radical (unpaired) electrons. The van der Waals surface area contributed by atoms with E-state index in [1.54, 1.807) is 7.11 Å². The highest BCUT2D eigenvalue weighted by atomic mass is 16.5. The molecule has 0 saturated carbocycles. The lowest BCUT2D eigenvalue weighted by atomic mass is 9.97. The van der Waals surface area contributed by atoms with E-state index >= 15 is 0 Å². The Labute approximate surface area is 182 Å². The number of hydrogen-bond acceptors (Lipinski definition) is 7. The fraction of sp³-hybridized carbons (Fsp3) is 0.522. The zero-order valence-corrected chi connectivity index (χ0v) is 18.3. The van der Waals surface area contributed by atoms with Crippen LogP contribution in [-0.4, -0.2) is 63.5 Å². The molecule has 8 nitrogen and oxygen atoms in total. The van der Waals surface area contributed by atoms with E-state index in [0.29, 0.717) is 18.1 Å². The first-order valence-corrected chi connectivity index (χ1v) is 11.3. The molecule has 0 aromatic carbocycles. The van der Waals surface area contributed by atoms with Gasteiger partial charge < -0.3 is 15.4 Å². The summed E-state index contributed by atoms with van der Waals surface area (Å²) in [6.07, 6.45) is 7.84. The van der Waals surface area contributed by atoms with E-state index in [4.69, 9.17) is 9.72 Å². The van der Waals surface area contributed by atoms with Gasteiger partial charge in [-0.3, -0.25) is 15.0 Å². The predicted octanol–water partition coefficient (Wildman–Crippen LogP) is 3.85. The van der Waals surface area contributed by atoms with Crippen LogP contribution in [0.5, 0.6) is 0 Å². The van der Waals surface area contributed by atoms with E-state index in [1.165, 1.54) is 12.8 Å². The summed E-state index contributed by atoms with van der Waals surface area (Å²) in [5.41, 5.74) is 1.93. The van der Waals surface area contributed by atoms with Crippen LogP contribution in [0.1, 0.15) is 37.8 Å². The van der Waals surface area contributed by atoms with Crippen molar-refractivity contribution in [2.45, 2.75) is 57.2 Å². The third kappa shape index (κ3) is 4.36. The quantitative estimate of drug-likeness (QED) is 0.476. The molecule has 3 atom stereocenters. The summed E-state index contributed by atoms with van der Waals surface area (Å²) in [6.45, 7) is 3.97. The van der Waals surface area contributed by atoms with Crippen LogP contribution >= 0.6 is 0 Å². The second-order valence-electron chi connectivity index (χ2n) is 8.77. The number of piperidine rings is 1. The topological polar surface area (TPSA) is 91.0 Å². The van der Waals surface area contributed by atoms with Gasteiger partial charge in [0.15, 0.2) is 5.82 Å². The van der Waals surface area contributed by atoms with Crippen molar-refractivity contribution < 1.29 is 4.74 Å². The fourth-order valence-corrected chi connectivity index (χ4v) is 5.20. The number of hydrogen-bond donors (Lipinski definition) is 3. The number of pyridine rings is 2. The second-order valence-corrected chi connectivity index (χ2v) is 8.77. The number of aryl methyl sites for hydroxylation is 1. The van der Waals surface area contributed by atoms with E-state index in [0.717, 1.165) is 66.5 Å². The average Bonchev–Trinajstić information content (AvgIpc) is 3.27. The van der Waals surface area contributed by atoms with Crippen molar-refractivity contribution in [1.29, 1.82) is 0 Å². The number of nitrogens with one attached hydrogen (secondary N) is 3. The van der Waals surface area contributed by atoms with Gasteiger partial charge in [0.05, 0.1) is 5.52 Å². The Hall–Kier alpha value is -2.71. The number of fused-ring (bicyclic) bond motifs is 3. The molecular weight excluding hydrogens is 390 g/mol. The SMILES string of the molecule is COCCCN1[C@@H]2CC[C@H]1CC(Nc1nc(Nc3cc(C)[nH]n3)cc3ncccc13)C2. The molecule has 2 bridgehead atoms. The third-order valence-electron chi connectivity index (χ3n) is 6.55. The molecule has 2 aliphatic heterocycles. The van der Waals surface area contributed by atoms with Crippen molar-refractivity contribution in [3.8, 4) is 0 Å². The van der Waals surface area contributed by atoms with E-state index in [2.05, 4.69) is 36.8 Å². The van der Waals surface area contributed by atoms with Gasteiger partial charge in [-0.25, -0.2) is 4.98 Å². The van der Waals surface area contributed by atoms with Crippen LogP contribution in [0, 0.1) is 6.92 Å². The monoisotopic (exact) mass is 421 g/mol. The van der Waals surface area contributed by atoms with Crippen molar-refractivity contribution in [2.75, 3.05) is 30.9 Å². The highest BCUT2D eigenvalue weighted by Gasteiger charge is 2.40. The molecular formula is C23H31N7O. The fourth-order valence-electron chi connectivity index (χ4n) is 5.20. The number of H-pyrrole nitrogens is 1. The summed E-state index contributed by atoms with van der Waals surface area (Å²) in [7, 11) is 1.78. The minimum absolute atomic E-state index is 0.426. The molecule has 0 spiro atoms. The lowest BCUT2D eigenvalue weighted by Gasteiger charge is -2.39. The van der Waals surface area contributed by atoms with Crippen LogP contribution in [0.2, 0.25) is 0 Å². The summed E-state index contributed by atoms with van der Waals surface area (Å²) in [6, 6.07) is 9.75. The Morgan fingerprint density at radius 3 is 2.77 bits per heavy atom. The molecule has 0 amide bonds. The summed E-state index contributed by atoms with van der Waals surface area (Å²) in [5, 5.41) is 15.4. The standard InChI is InChI=1S/C23H31N7O/c1-15-11-22(29-28-15)26-21-14-20-19(5-3-8-24-20)23(27-21)25-16-12-17-6-7-18(13-16)30(17)9-4-10-31-2/h3,5,8,11,14,16-18H,4,6-7,9-10,12-13H2,1-2H3,(H3,25,26,27,28,29)/t16?,17-,18+. The maximum absolute atomic E-state index is 5.25. The van der Waals surface area contributed by atoms with E-state index in [9.17, 15) is 0 Å². The first kappa shape index (κ1) is 20.2. The Balaban J connectivity index is 1.34. The zero-order chi connectivity index (χ0) is 21.2. The van der Waals surface area contributed by atoms with Gasteiger partial charge in [0.25, 0.3) is 0 Å². The van der Waals surface area contributed by atoms with Crippen LogP contribution in [0.25, 0.3) is 10.9 Å². The molecule has 31 heavy (non-hydrogen) atoms. The summed E-state index contributed by atoms with van der Waals surface area (Å²) in [4.78, 5) is 12.2. The minimum Gasteiger partial charge on any atom is -0.385 e. The molecule has 3 N–H and O–H groups in total. The normalized spacial score (nSPS) is 23.4. The molecule has 2 saturated heterocycles. The molecule has 1 unspecified atom stereocenters. The Morgan fingerprint density at radius 1 is 1.19 bits per heavy atom. The summed E-state index contributed by atoms with van der Waals surface area (Å²) >= 11 is 0. The lowest BCUT2D eigenvalue weighted by molar-refractivity contribution is 0.111. The van der Waals surface area contributed by atoms with Crippen molar-refractivity contribution >= 4 is 28.4 Å². The van der Waals surface area contributed by atoms with Crippen LogP contribution < -0.4 is 10.6 Å². The summed E-state index contributed by atoms with van der Waals surface area (Å²) in [5.74, 6) is 2.41. The van der Waals surface area contributed by atoms with Crippen LogP contribution in [-0.2, 0) is 4.74 Å². The van der Waals surface area contributed by atoms with Gasteiger partial charge in [-0.05, 0) is 51.2 Å². The number of nitrogens with zero attached hydrogens (tertiary/aromatic N) is 4. The molecule has 5 rings (SSSR count). The van der Waals surface area contributed by atoms with Crippen LogP contribution in [0.3, 0.4) is 0 Å². The Kier molecular flexibility index (Phi) is 5.74. The zero-order valence-electron chi connectivity index (χ0n) is 18.3. The molecule has 5 heterocycles. The molecule has 164 valence electrons. The molecule has 2 aliphatic rings. The van der Waals surface area contributed by atoms with E-state index in [1.807, 2.05) is 31.3 Å². The number of anilines is 3. The lowest BCUT2D eigenvalue weighted by Crippen LogP contribution is -2.47. The number of aromatic nitrogens is 4. The molecule has 2 fully saturated rings. The molecule has 3 aromatic heterocycles. The molecule has 8 heteroatoms. The van der Waals surface area contributed by atoms with E-state index < -0.39 is 0 Å².